The molecule has 2 aromatic carbocycles. The molecule has 0 heterocycles. The predicted octanol–water partition coefficient (Wildman–Crippen LogP) is 6.06. The highest BCUT2D eigenvalue weighted by Gasteiger charge is 2.35. The van der Waals surface area contributed by atoms with Crippen LogP contribution in [-0.4, -0.2) is 53.0 Å². The number of ether oxygens (including phenoxy) is 1. The second-order valence-electron chi connectivity index (χ2n) is 11.8. The number of amides is 1. The van der Waals surface area contributed by atoms with Crippen molar-refractivity contribution in [1.29, 1.82) is 0 Å². The number of hydrogen-bond donors (Lipinski definition) is 3. The smallest absolute Gasteiger partial charge is 0.407 e. The number of aliphatic carboxylic acids is 1. The van der Waals surface area contributed by atoms with E-state index in [-0.39, 0.29) is 53.9 Å². The molecular formula is C32H38N2O6. The van der Waals surface area contributed by atoms with E-state index in [2.05, 4.69) is 10.3 Å². The van der Waals surface area contributed by atoms with E-state index in [1.165, 1.54) is 0 Å². The lowest BCUT2D eigenvalue weighted by atomic mass is 9.75. The fraction of sp³-hybridized carbons (Fsp3) is 0.438. The lowest BCUT2D eigenvalue weighted by Gasteiger charge is -2.30. The third-order valence-electron chi connectivity index (χ3n) is 7.40. The average molecular weight is 547 g/mol. The van der Waals surface area contributed by atoms with Crippen molar-refractivity contribution in [3.63, 3.8) is 0 Å². The maximum Gasteiger partial charge on any atom is 0.407 e. The van der Waals surface area contributed by atoms with Gasteiger partial charge in [-0.05, 0) is 46.4 Å². The van der Waals surface area contributed by atoms with Gasteiger partial charge in [0, 0.05) is 31.0 Å². The van der Waals surface area contributed by atoms with Crippen LogP contribution < -0.4 is 5.32 Å². The summed E-state index contributed by atoms with van der Waals surface area (Å²) in [6.45, 7) is 7.99. The Hall–Kier alpha value is -3.94. The van der Waals surface area contributed by atoms with Gasteiger partial charge in [-0.3, -0.25) is 9.79 Å². The molecule has 0 fully saturated rings. The van der Waals surface area contributed by atoms with Crippen LogP contribution in [0.4, 0.5) is 4.79 Å². The van der Waals surface area contributed by atoms with Crippen LogP contribution in [0.1, 0.15) is 70.4 Å². The van der Waals surface area contributed by atoms with Crippen molar-refractivity contribution in [2.24, 2.45) is 16.3 Å². The number of alkyl carbamates (subject to hydrolysis) is 1. The molecular weight excluding hydrogens is 508 g/mol. The molecule has 0 bridgehead atoms. The fourth-order valence-electron chi connectivity index (χ4n) is 5.62. The molecule has 3 N–H and O–H groups in total. The summed E-state index contributed by atoms with van der Waals surface area (Å²) in [7, 11) is 0. The van der Waals surface area contributed by atoms with Crippen LogP contribution in [0.3, 0.4) is 0 Å². The Morgan fingerprint density at radius 2 is 1.65 bits per heavy atom. The van der Waals surface area contributed by atoms with Crippen LogP contribution >= 0.6 is 0 Å². The molecule has 0 radical (unpaired) electrons. The molecule has 40 heavy (non-hydrogen) atoms. The Balaban J connectivity index is 1.40. The molecule has 2 aliphatic rings. The van der Waals surface area contributed by atoms with Crippen molar-refractivity contribution in [3.05, 3.63) is 71.0 Å². The number of hydrogen-bond acceptors (Lipinski definition) is 6. The van der Waals surface area contributed by atoms with Gasteiger partial charge in [-0.15, -0.1) is 0 Å². The summed E-state index contributed by atoms with van der Waals surface area (Å²) >= 11 is 0. The lowest BCUT2D eigenvalue weighted by molar-refractivity contribution is -0.139. The number of allylic oxidation sites excluding steroid dienone is 2. The normalized spacial score (nSPS) is 17.4. The number of fused-ring (bicyclic) bond motifs is 3. The van der Waals surface area contributed by atoms with E-state index >= 15 is 0 Å². The maximum absolute atomic E-state index is 12.9. The van der Waals surface area contributed by atoms with Crippen LogP contribution in [-0.2, 0) is 14.3 Å². The van der Waals surface area contributed by atoms with Gasteiger partial charge in [0.05, 0.1) is 5.57 Å². The Kier molecular flexibility index (Phi) is 8.76. The molecule has 2 aromatic rings. The highest BCUT2D eigenvalue weighted by Crippen LogP contribution is 2.44. The van der Waals surface area contributed by atoms with Gasteiger partial charge in [-0.25, -0.2) is 9.59 Å². The summed E-state index contributed by atoms with van der Waals surface area (Å²) in [5, 5.41) is 22.8. The minimum absolute atomic E-state index is 0.00878. The molecule has 0 aliphatic heterocycles. The summed E-state index contributed by atoms with van der Waals surface area (Å²) in [4.78, 5) is 42.0. The number of nitrogens with one attached hydrogen (secondary N) is 1. The highest BCUT2D eigenvalue weighted by atomic mass is 16.5. The van der Waals surface area contributed by atoms with Gasteiger partial charge < -0.3 is 20.3 Å². The molecule has 4 rings (SSSR count). The number of Topliss-reactive ketones (excluding diaryl/α,β-unsaturated/α-hetero) is 1. The highest BCUT2D eigenvalue weighted by molar-refractivity contribution is 6.23. The zero-order chi connectivity index (χ0) is 29.0. The van der Waals surface area contributed by atoms with E-state index in [0.717, 1.165) is 22.3 Å². The van der Waals surface area contributed by atoms with Crippen molar-refractivity contribution in [2.75, 3.05) is 13.2 Å². The number of aliphatic hydroxyl groups excluding tert-OH is 1. The SMILES string of the molecule is CC(C)CC(=NCC[C@@H](NC(=O)OCC1c2ccccc2-c2ccccc21)C(=O)O)C1=C(O)CC(C)(C)CC1=O. The maximum atomic E-state index is 12.9. The average Bonchev–Trinajstić information content (AvgIpc) is 3.19. The van der Waals surface area contributed by atoms with Gasteiger partial charge in [0.15, 0.2) is 5.78 Å². The molecule has 0 saturated heterocycles. The zero-order valence-electron chi connectivity index (χ0n) is 23.6. The fourth-order valence-corrected chi connectivity index (χ4v) is 5.62. The van der Waals surface area contributed by atoms with Crippen LogP contribution in [0.2, 0.25) is 0 Å². The standard InChI is InChI=1S/C32H38N2O6/c1-19(2)15-26(29-27(35)16-32(3,4)17-28(29)36)33-14-13-25(30(37)38)34-31(39)40-18-24-22-11-7-5-9-20(22)21-10-6-8-12-23(21)24/h5-12,19,24-25,35H,13-18H2,1-4H3,(H,34,39)(H,37,38)/t25-/m1/s1. The molecule has 0 aromatic heterocycles. The zero-order valence-corrected chi connectivity index (χ0v) is 23.6. The van der Waals surface area contributed by atoms with Crippen molar-refractivity contribution in [2.45, 2.75) is 65.3 Å². The first-order chi connectivity index (χ1) is 19.0. The number of nitrogens with zero attached hydrogens (tertiary/aromatic N) is 1. The number of aliphatic hydroxyl groups is 1. The number of benzene rings is 2. The molecule has 1 atom stereocenters. The molecule has 8 nitrogen and oxygen atoms in total. The van der Waals surface area contributed by atoms with Gasteiger partial charge >= 0.3 is 12.1 Å². The molecule has 212 valence electrons. The third-order valence-corrected chi connectivity index (χ3v) is 7.40. The summed E-state index contributed by atoms with van der Waals surface area (Å²) in [5.41, 5.74) is 4.75. The summed E-state index contributed by atoms with van der Waals surface area (Å²) in [6, 6.07) is 14.7. The second kappa shape index (κ2) is 12.1. The van der Waals surface area contributed by atoms with Crippen LogP contribution in [0, 0.1) is 11.3 Å². The van der Waals surface area contributed by atoms with Crippen molar-refractivity contribution in [3.8, 4) is 11.1 Å². The van der Waals surface area contributed by atoms with Crippen molar-refractivity contribution < 1.29 is 29.3 Å². The monoisotopic (exact) mass is 546 g/mol. The number of carboxylic acids is 1. The number of rotatable bonds is 10. The second-order valence-corrected chi connectivity index (χ2v) is 11.8. The van der Waals surface area contributed by atoms with E-state index in [4.69, 9.17) is 4.74 Å². The Morgan fingerprint density at radius 1 is 1.05 bits per heavy atom. The largest absolute Gasteiger partial charge is 0.511 e. The summed E-state index contributed by atoms with van der Waals surface area (Å²) in [6.07, 6.45) is 0.361. The van der Waals surface area contributed by atoms with E-state index < -0.39 is 18.1 Å². The Morgan fingerprint density at radius 3 is 2.20 bits per heavy atom. The van der Waals surface area contributed by atoms with Crippen molar-refractivity contribution >= 4 is 23.6 Å². The van der Waals surface area contributed by atoms with Crippen molar-refractivity contribution in [1.82, 2.24) is 5.32 Å². The van der Waals surface area contributed by atoms with Crippen LogP contribution in [0.5, 0.6) is 0 Å². The van der Waals surface area contributed by atoms with Gasteiger partial charge in [0.25, 0.3) is 0 Å². The van der Waals surface area contributed by atoms with Gasteiger partial charge in [-0.1, -0.05) is 76.2 Å². The van der Waals surface area contributed by atoms with Gasteiger partial charge in [-0.2, -0.15) is 0 Å². The van der Waals surface area contributed by atoms with E-state index in [9.17, 15) is 24.6 Å². The van der Waals surface area contributed by atoms with E-state index in [1.807, 2.05) is 76.2 Å². The summed E-state index contributed by atoms with van der Waals surface area (Å²) < 4.78 is 5.51. The number of aliphatic imine (C=N–C) groups is 1. The first-order valence-corrected chi connectivity index (χ1v) is 13.8. The first kappa shape index (κ1) is 29.1. The van der Waals surface area contributed by atoms with E-state index in [0.29, 0.717) is 25.0 Å². The number of carboxylic acid groups (broad SMARTS) is 1. The molecule has 1 amide bonds. The topological polar surface area (TPSA) is 125 Å². The minimum Gasteiger partial charge on any atom is -0.511 e. The third kappa shape index (κ3) is 6.61. The summed E-state index contributed by atoms with van der Waals surface area (Å²) in [5.74, 6) is -1.28. The van der Waals surface area contributed by atoms with Gasteiger partial charge in [0.2, 0.25) is 0 Å². The first-order valence-electron chi connectivity index (χ1n) is 13.8. The Labute approximate surface area is 235 Å². The number of carbonyl (C=O) groups is 3. The number of carbonyl (C=O) groups excluding carboxylic acids is 2. The van der Waals surface area contributed by atoms with Crippen LogP contribution in [0.15, 0.2) is 64.9 Å². The quantitative estimate of drug-likeness (QED) is 0.311. The molecule has 2 aliphatic carbocycles. The molecule has 0 spiro atoms. The molecule has 0 saturated carbocycles. The van der Waals surface area contributed by atoms with E-state index in [1.54, 1.807) is 0 Å². The lowest BCUT2D eigenvalue weighted by Crippen LogP contribution is -2.42. The predicted molar refractivity (Wildman–Crippen MR) is 154 cm³/mol. The minimum atomic E-state index is -1.22. The van der Waals surface area contributed by atoms with Gasteiger partial charge in [0.1, 0.15) is 18.4 Å². The molecule has 0 unspecified atom stereocenters. The Bertz CT molecular complexity index is 1310. The van der Waals surface area contributed by atoms with Crippen LogP contribution in [0.25, 0.3) is 11.1 Å². The molecule has 8 heteroatoms. The number of ketones is 1.